The molecule has 8 heteroatoms. The summed E-state index contributed by atoms with van der Waals surface area (Å²) < 4.78 is 0. The van der Waals surface area contributed by atoms with Gasteiger partial charge in [-0.3, -0.25) is 9.59 Å². The number of rotatable bonds is 18. The van der Waals surface area contributed by atoms with Crippen LogP contribution in [-0.2, 0) is 9.59 Å². The molecule has 176 valence electrons. The maximum Gasteiger partial charge on any atom is 0.475 e. The molecule has 0 bridgehead atoms. The molecule has 0 aromatic rings. The summed E-state index contributed by atoms with van der Waals surface area (Å²) in [5, 5.41) is 33.9. The predicted molar refractivity (Wildman–Crippen MR) is 122 cm³/mol. The lowest BCUT2D eigenvalue weighted by Gasteiger charge is -2.25. The number of hydrogen-bond acceptors (Lipinski definition) is 5. The summed E-state index contributed by atoms with van der Waals surface area (Å²) in [6.07, 6.45) is 11.4. The first-order valence-corrected chi connectivity index (χ1v) is 11.8. The van der Waals surface area contributed by atoms with Gasteiger partial charge in [0.1, 0.15) is 6.04 Å². The summed E-state index contributed by atoms with van der Waals surface area (Å²) in [4.78, 5) is 24.6. The number of nitrogens with one attached hydrogen (secondary N) is 2. The van der Waals surface area contributed by atoms with Crippen LogP contribution < -0.4 is 10.6 Å². The highest BCUT2D eigenvalue weighted by Crippen LogP contribution is 2.11. The molecule has 0 spiro atoms. The van der Waals surface area contributed by atoms with Gasteiger partial charge in [0, 0.05) is 6.42 Å². The second-order valence-corrected chi connectivity index (χ2v) is 8.88. The van der Waals surface area contributed by atoms with Crippen LogP contribution in [0.1, 0.15) is 105 Å². The fraction of sp³-hybridized carbons (Fsp3) is 0.909. The molecular weight excluding hydrogens is 383 g/mol. The Labute approximate surface area is 183 Å². The maximum absolute atomic E-state index is 12.5. The summed E-state index contributed by atoms with van der Waals surface area (Å²) in [5.41, 5.74) is 0. The minimum Gasteiger partial charge on any atom is -0.426 e. The molecular formula is C22H45BN2O5. The average molecular weight is 428 g/mol. The smallest absolute Gasteiger partial charge is 0.426 e. The summed E-state index contributed by atoms with van der Waals surface area (Å²) in [6, 6.07) is -1.12. The van der Waals surface area contributed by atoms with Gasteiger partial charge >= 0.3 is 7.12 Å². The fourth-order valence-corrected chi connectivity index (χ4v) is 3.46. The summed E-state index contributed by atoms with van der Waals surface area (Å²) >= 11 is 0. The number of carbonyl (C=O) groups excluding carboxylic acids is 2. The van der Waals surface area contributed by atoms with Crippen molar-refractivity contribution < 1.29 is 24.7 Å². The first-order valence-electron chi connectivity index (χ1n) is 11.8. The molecule has 2 amide bonds. The molecule has 0 aromatic heterocycles. The third-order valence-electron chi connectivity index (χ3n) is 5.25. The lowest BCUT2D eigenvalue weighted by atomic mass is 9.75. The zero-order valence-corrected chi connectivity index (χ0v) is 19.5. The molecule has 0 saturated carbocycles. The van der Waals surface area contributed by atoms with Gasteiger partial charge in [-0.1, -0.05) is 78.6 Å². The fourth-order valence-electron chi connectivity index (χ4n) is 3.46. The van der Waals surface area contributed by atoms with E-state index in [1.165, 1.54) is 51.9 Å². The molecule has 0 fully saturated rings. The molecule has 7 nitrogen and oxygen atoms in total. The number of hydrogen-bond donors (Lipinski definition) is 5. The number of amides is 2. The molecule has 0 radical (unpaired) electrons. The highest BCUT2D eigenvalue weighted by Gasteiger charge is 2.31. The molecule has 0 heterocycles. The minimum atomic E-state index is -1.70. The van der Waals surface area contributed by atoms with Crippen molar-refractivity contribution in [3.63, 3.8) is 0 Å². The highest BCUT2D eigenvalue weighted by atomic mass is 16.4. The molecule has 0 aromatic carbocycles. The van der Waals surface area contributed by atoms with E-state index in [4.69, 9.17) is 0 Å². The van der Waals surface area contributed by atoms with Crippen molar-refractivity contribution in [2.75, 3.05) is 0 Å². The molecule has 3 atom stereocenters. The second-order valence-electron chi connectivity index (χ2n) is 8.88. The zero-order valence-electron chi connectivity index (χ0n) is 19.5. The van der Waals surface area contributed by atoms with Gasteiger partial charge in [-0.05, 0) is 25.7 Å². The van der Waals surface area contributed by atoms with Gasteiger partial charge < -0.3 is 25.8 Å². The summed E-state index contributed by atoms with van der Waals surface area (Å²) in [5.74, 6) is -1.59. The molecule has 0 aliphatic rings. The highest BCUT2D eigenvalue weighted by molar-refractivity contribution is 6.43. The van der Waals surface area contributed by atoms with Gasteiger partial charge in [0.05, 0.1) is 12.0 Å². The van der Waals surface area contributed by atoms with Crippen molar-refractivity contribution in [1.29, 1.82) is 0 Å². The van der Waals surface area contributed by atoms with E-state index in [-0.39, 0.29) is 11.8 Å². The Hall–Kier alpha value is -1.12. The third-order valence-corrected chi connectivity index (χ3v) is 5.25. The minimum absolute atomic E-state index is 0.146. The third kappa shape index (κ3) is 14.8. The van der Waals surface area contributed by atoms with Crippen molar-refractivity contribution in [1.82, 2.24) is 10.6 Å². The first kappa shape index (κ1) is 28.9. The van der Waals surface area contributed by atoms with E-state index in [0.29, 0.717) is 12.8 Å². The van der Waals surface area contributed by atoms with Crippen molar-refractivity contribution >= 4 is 18.9 Å². The van der Waals surface area contributed by atoms with Gasteiger partial charge in [-0.15, -0.1) is 0 Å². The van der Waals surface area contributed by atoms with Gasteiger partial charge in [0.2, 0.25) is 11.8 Å². The van der Waals surface area contributed by atoms with E-state index < -0.39 is 31.1 Å². The topological polar surface area (TPSA) is 119 Å². The zero-order chi connectivity index (χ0) is 22.9. The van der Waals surface area contributed by atoms with E-state index in [2.05, 4.69) is 17.6 Å². The second kappa shape index (κ2) is 17.6. The van der Waals surface area contributed by atoms with Crippen LogP contribution in [0.2, 0.25) is 0 Å². The summed E-state index contributed by atoms with van der Waals surface area (Å²) in [6.45, 7) is 7.46. The lowest BCUT2D eigenvalue weighted by molar-refractivity contribution is -0.131. The van der Waals surface area contributed by atoms with Gasteiger partial charge in [0.15, 0.2) is 0 Å². The Morgan fingerprint density at radius 2 is 1.33 bits per heavy atom. The van der Waals surface area contributed by atoms with E-state index in [1.54, 1.807) is 0 Å². The Morgan fingerprint density at radius 3 is 1.77 bits per heavy atom. The largest absolute Gasteiger partial charge is 0.475 e. The standard InChI is InChI=1S/C22H45BN2O5/c1-5-6-7-8-9-10-11-12-13-14-15-20(27)25-21(18(4)26)22(28)24-19(23(29)30)16-17(2)3/h17-19,21,26,29-30H,5-16H2,1-4H3,(H,24,28)(H,25,27)/t18-,19+,21+/m1/s1. The van der Waals surface area contributed by atoms with Gasteiger partial charge in [0.25, 0.3) is 0 Å². The van der Waals surface area contributed by atoms with E-state index in [9.17, 15) is 24.7 Å². The van der Waals surface area contributed by atoms with Crippen LogP contribution in [0.3, 0.4) is 0 Å². The van der Waals surface area contributed by atoms with Crippen molar-refractivity contribution in [2.45, 2.75) is 123 Å². The first-order chi connectivity index (χ1) is 14.2. The number of carbonyl (C=O) groups is 2. The summed E-state index contributed by atoms with van der Waals surface area (Å²) in [7, 11) is -1.70. The van der Waals surface area contributed by atoms with Crippen molar-refractivity contribution in [3.05, 3.63) is 0 Å². The van der Waals surface area contributed by atoms with Crippen LogP contribution in [0.25, 0.3) is 0 Å². The number of aliphatic hydroxyl groups is 1. The Balaban J connectivity index is 4.19. The Bertz CT molecular complexity index is 461. The van der Waals surface area contributed by atoms with Crippen molar-refractivity contribution in [2.24, 2.45) is 5.92 Å². The molecule has 0 rings (SSSR count). The molecule has 0 aliphatic carbocycles. The molecule has 0 unspecified atom stereocenters. The van der Waals surface area contributed by atoms with Crippen LogP contribution in [-0.4, -0.2) is 52.2 Å². The average Bonchev–Trinajstić information content (AvgIpc) is 2.66. The molecule has 0 saturated heterocycles. The normalized spacial score (nSPS) is 14.3. The maximum atomic E-state index is 12.5. The predicted octanol–water partition coefficient (Wildman–Crippen LogP) is 2.71. The molecule has 0 aliphatic heterocycles. The van der Waals surface area contributed by atoms with Crippen LogP contribution >= 0.6 is 0 Å². The van der Waals surface area contributed by atoms with Crippen LogP contribution in [0.5, 0.6) is 0 Å². The lowest BCUT2D eigenvalue weighted by Crippen LogP contribution is -2.57. The van der Waals surface area contributed by atoms with Crippen LogP contribution in [0.15, 0.2) is 0 Å². The van der Waals surface area contributed by atoms with E-state index in [0.717, 1.165) is 19.3 Å². The number of unbranched alkanes of at least 4 members (excludes halogenated alkanes) is 9. The van der Waals surface area contributed by atoms with E-state index in [1.807, 2.05) is 13.8 Å². The monoisotopic (exact) mass is 428 g/mol. The molecule has 30 heavy (non-hydrogen) atoms. The van der Waals surface area contributed by atoms with Crippen LogP contribution in [0, 0.1) is 5.92 Å². The van der Waals surface area contributed by atoms with Gasteiger partial charge in [-0.2, -0.15) is 0 Å². The molecule has 5 N–H and O–H groups in total. The van der Waals surface area contributed by atoms with E-state index >= 15 is 0 Å². The quantitative estimate of drug-likeness (QED) is 0.170. The number of aliphatic hydroxyl groups excluding tert-OH is 1. The van der Waals surface area contributed by atoms with Gasteiger partial charge in [-0.25, -0.2) is 0 Å². The Morgan fingerprint density at radius 1 is 0.833 bits per heavy atom. The van der Waals surface area contributed by atoms with Crippen molar-refractivity contribution in [3.8, 4) is 0 Å². The van der Waals surface area contributed by atoms with Crippen LogP contribution in [0.4, 0.5) is 0 Å². The SMILES string of the molecule is CCCCCCCCCCCCC(=O)N[C@H](C(=O)N[C@@H](CC(C)C)B(O)O)[C@@H](C)O. The Kier molecular flexibility index (Phi) is 16.9.